The summed E-state index contributed by atoms with van der Waals surface area (Å²) in [4.78, 5) is 11.4. The molecule has 0 aromatic rings. The Morgan fingerprint density at radius 1 is 0.864 bits per heavy atom. The molecule has 124 valence electrons. The van der Waals surface area contributed by atoms with E-state index in [4.69, 9.17) is 4.74 Å². The molecule has 0 radical (unpaired) electrons. The van der Waals surface area contributed by atoms with E-state index in [1.807, 2.05) is 0 Å². The number of rotatable bonds is 11. The van der Waals surface area contributed by atoms with Gasteiger partial charge in [-0.25, -0.2) is 4.79 Å². The number of ether oxygens (including phenoxy) is 1. The Labute approximate surface area is 137 Å². The molecule has 0 amide bonds. The Balaban J connectivity index is 4.84. The minimum Gasteiger partial charge on any atom is -0.462 e. The van der Waals surface area contributed by atoms with Crippen LogP contribution in [0.4, 0.5) is 0 Å². The van der Waals surface area contributed by atoms with Crippen LogP contribution in [0.1, 0.15) is 34.1 Å². The van der Waals surface area contributed by atoms with Crippen LogP contribution in [0.25, 0.3) is 0 Å². The molecule has 0 N–H and O–H groups in total. The average molecular weight is 321 g/mol. The van der Waals surface area contributed by atoms with Gasteiger partial charge in [0.1, 0.15) is 0 Å². The van der Waals surface area contributed by atoms with Crippen LogP contribution >= 0.6 is 0 Å². The predicted octanol–water partition coefficient (Wildman–Crippen LogP) is 5.67. The van der Waals surface area contributed by atoms with Crippen LogP contribution in [-0.2, 0) is 9.53 Å². The third kappa shape index (κ3) is 8.83. The molecule has 0 atom stereocenters. The summed E-state index contributed by atoms with van der Waals surface area (Å²) in [6.07, 6.45) is 0.888. The third-order valence-corrected chi connectivity index (χ3v) is 8.94. The largest absolute Gasteiger partial charge is 0.462 e. The van der Waals surface area contributed by atoms with Gasteiger partial charge < -0.3 is 4.74 Å². The van der Waals surface area contributed by atoms with Crippen molar-refractivity contribution in [3.05, 3.63) is 48.6 Å². The van der Waals surface area contributed by atoms with Crippen molar-refractivity contribution in [1.82, 2.24) is 0 Å². The van der Waals surface area contributed by atoms with Crippen LogP contribution < -0.4 is 0 Å². The highest BCUT2D eigenvalue weighted by Gasteiger charge is 2.32. The van der Waals surface area contributed by atoms with Gasteiger partial charge in [-0.2, -0.15) is 0 Å². The highest BCUT2D eigenvalue weighted by atomic mass is 28.3. The number of carbonyl (C=O) groups is 1. The number of hydrogen-bond acceptors (Lipinski definition) is 2. The molecular formula is C19H32O2Si. The lowest BCUT2D eigenvalue weighted by Crippen LogP contribution is -2.35. The van der Waals surface area contributed by atoms with Crippen LogP contribution in [0.15, 0.2) is 48.6 Å². The quantitative estimate of drug-likeness (QED) is 0.161. The molecule has 0 aliphatic carbocycles. The topological polar surface area (TPSA) is 26.3 Å². The van der Waals surface area contributed by atoms with Gasteiger partial charge in [0, 0.05) is 5.57 Å². The maximum atomic E-state index is 11.4. The maximum Gasteiger partial charge on any atom is 0.333 e. The van der Waals surface area contributed by atoms with Gasteiger partial charge in [0.25, 0.3) is 0 Å². The van der Waals surface area contributed by atoms with Gasteiger partial charge in [-0.1, -0.05) is 29.3 Å². The summed E-state index contributed by atoms with van der Waals surface area (Å²) in [6.45, 7) is 24.4. The fourth-order valence-corrected chi connectivity index (χ4v) is 8.75. The van der Waals surface area contributed by atoms with E-state index in [2.05, 4.69) is 47.1 Å². The van der Waals surface area contributed by atoms with E-state index in [0.717, 1.165) is 30.6 Å². The van der Waals surface area contributed by atoms with Crippen molar-refractivity contribution in [2.45, 2.75) is 58.3 Å². The summed E-state index contributed by atoms with van der Waals surface area (Å²) in [5, 5.41) is 0. The van der Waals surface area contributed by atoms with Gasteiger partial charge >= 0.3 is 5.97 Å². The zero-order valence-corrected chi connectivity index (χ0v) is 15.9. The average Bonchev–Trinajstić information content (AvgIpc) is 2.31. The first kappa shape index (κ1) is 20.6. The van der Waals surface area contributed by atoms with E-state index >= 15 is 0 Å². The summed E-state index contributed by atoms with van der Waals surface area (Å²) >= 11 is 0. The molecule has 3 heteroatoms. The van der Waals surface area contributed by atoms with Crippen LogP contribution in [0.5, 0.6) is 0 Å². The second-order valence-electron chi connectivity index (χ2n) is 6.92. The fraction of sp³-hybridized carbons (Fsp3) is 0.526. The highest BCUT2D eigenvalue weighted by molar-refractivity contribution is 6.81. The monoisotopic (exact) mass is 320 g/mol. The van der Waals surface area contributed by atoms with Crippen LogP contribution in [-0.4, -0.2) is 20.7 Å². The molecule has 0 unspecified atom stereocenters. The van der Waals surface area contributed by atoms with Crippen LogP contribution in [0.3, 0.4) is 0 Å². The van der Waals surface area contributed by atoms with Crippen molar-refractivity contribution in [2.75, 3.05) is 6.61 Å². The SMILES string of the molecule is C=C(C)C[Si](CCCOC(=O)C(=C)C)(CC(=C)C)CC(=C)C. The lowest BCUT2D eigenvalue weighted by atomic mass is 10.4. The Morgan fingerprint density at radius 2 is 1.27 bits per heavy atom. The minimum atomic E-state index is -1.60. The third-order valence-electron chi connectivity index (χ3n) is 3.46. The van der Waals surface area contributed by atoms with Gasteiger partial charge in [0.05, 0.1) is 14.7 Å². The molecule has 0 spiro atoms. The van der Waals surface area contributed by atoms with Crippen LogP contribution in [0, 0.1) is 0 Å². The summed E-state index contributed by atoms with van der Waals surface area (Å²) < 4.78 is 5.23. The van der Waals surface area contributed by atoms with Crippen molar-refractivity contribution in [1.29, 1.82) is 0 Å². The van der Waals surface area contributed by atoms with Crippen molar-refractivity contribution >= 4 is 14.0 Å². The lowest BCUT2D eigenvalue weighted by molar-refractivity contribution is -0.138. The van der Waals surface area contributed by atoms with Crippen LogP contribution in [0.2, 0.25) is 24.2 Å². The molecule has 0 rings (SSSR count). The molecule has 0 saturated carbocycles. The molecule has 0 heterocycles. The highest BCUT2D eigenvalue weighted by Crippen LogP contribution is 2.35. The van der Waals surface area contributed by atoms with Gasteiger partial charge in [0.15, 0.2) is 0 Å². The first-order valence-corrected chi connectivity index (χ1v) is 10.7. The van der Waals surface area contributed by atoms with E-state index in [9.17, 15) is 4.79 Å². The van der Waals surface area contributed by atoms with Crippen molar-refractivity contribution in [2.24, 2.45) is 0 Å². The van der Waals surface area contributed by atoms with Gasteiger partial charge in [-0.3, -0.25) is 0 Å². The Morgan fingerprint density at radius 3 is 1.59 bits per heavy atom. The van der Waals surface area contributed by atoms with Gasteiger partial charge in [0.2, 0.25) is 0 Å². The standard InChI is InChI=1S/C19H32O2Si/c1-15(2)12-22(13-16(3)4,14-17(5)6)11-9-10-21-19(20)18(7)8/h1,3,5,7,9-14H2,2,4,6,8H3. The number of carbonyl (C=O) groups excluding carboxylic acids is 1. The van der Waals surface area contributed by atoms with E-state index in [1.54, 1.807) is 6.92 Å². The molecule has 0 bridgehead atoms. The lowest BCUT2D eigenvalue weighted by Gasteiger charge is -2.33. The second-order valence-corrected chi connectivity index (χ2v) is 11.5. The predicted molar refractivity (Wildman–Crippen MR) is 99.8 cm³/mol. The first-order valence-electron chi connectivity index (χ1n) is 7.84. The summed E-state index contributed by atoms with van der Waals surface area (Å²) in [5.74, 6) is -0.299. The molecule has 0 fully saturated rings. The smallest absolute Gasteiger partial charge is 0.333 e. The second kappa shape index (κ2) is 9.62. The Bertz CT molecular complexity index is 419. The van der Waals surface area contributed by atoms with Crippen molar-refractivity contribution in [3.63, 3.8) is 0 Å². The maximum absolute atomic E-state index is 11.4. The number of allylic oxidation sites excluding steroid dienone is 3. The molecule has 0 aliphatic rings. The normalized spacial score (nSPS) is 10.9. The Hall–Kier alpha value is -1.35. The van der Waals surface area contributed by atoms with E-state index in [1.165, 1.54) is 16.7 Å². The van der Waals surface area contributed by atoms with Gasteiger partial charge in [-0.05, 0) is 52.2 Å². The molecular weight excluding hydrogens is 288 g/mol. The molecule has 2 nitrogen and oxygen atoms in total. The summed E-state index contributed by atoms with van der Waals surface area (Å²) in [5.41, 5.74) is 4.14. The zero-order chi connectivity index (χ0) is 17.3. The van der Waals surface area contributed by atoms with Crippen molar-refractivity contribution < 1.29 is 9.53 Å². The van der Waals surface area contributed by atoms with E-state index in [-0.39, 0.29) is 5.97 Å². The van der Waals surface area contributed by atoms with E-state index in [0.29, 0.717) is 12.2 Å². The molecule has 0 aromatic carbocycles. The van der Waals surface area contributed by atoms with Gasteiger partial charge in [-0.15, -0.1) is 19.7 Å². The molecule has 0 saturated heterocycles. The summed E-state index contributed by atoms with van der Waals surface area (Å²) in [7, 11) is -1.60. The molecule has 0 aliphatic heterocycles. The summed E-state index contributed by atoms with van der Waals surface area (Å²) in [6, 6.07) is 4.35. The minimum absolute atomic E-state index is 0.299. The zero-order valence-electron chi connectivity index (χ0n) is 14.9. The molecule has 0 aromatic heterocycles. The number of hydrogen-bond donors (Lipinski definition) is 0. The fourth-order valence-electron chi connectivity index (χ4n) is 3.11. The van der Waals surface area contributed by atoms with E-state index < -0.39 is 8.07 Å². The number of esters is 1. The Kier molecular flexibility index (Phi) is 9.03. The molecule has 22 heavy (non-hydrogen) atoms. The first-order chi connectivity index (χ1) is 10.1. The van der Waals surface area contributed by atoms with Crippen molar-refractivity contribution in [3.8, 4) is 0 Å².